The minimum atomic E-state index is -2.10. The average Bonchev–Trinajstić information content (AvgIpc) is 3.14. The molecule has 15 nitrogen and oxygen atoms in total. The number of rotatable bonds is 13. The van der Waals surface area contributed by atoms with Crippen molar-refractivity contribution in [2.45, 2.75) is 155 Å². The first-order valence-electron chi connectivity index (χ1n) is 20.6. The van der Waals surface area contributed by atoms with E-state index in [-0.39, 0.29) is 37.6 Å². The Hall–Kier alpha value is -3.80. The van der Waals surface area contributed by atoms with Gasteiger partial charge in [-0.15, -0.1) is 11.8 Å². The number of aliphatic hydroxyl groups excluding tert-OH is 1. The molecule has 5 rings (SSSR count). The molecule has 1 aromatic carbocycles. The Morgan fingerprint density at radius 3 is 2.21 bits per heavy atom. The fourth-order valence-electron chi connectivity index (χ4n) is 9.83. The number of esters is 3. The lowest BCUT2D eigenvalue weighted by molar-refractivity contribution is -0.353. The average molecular weight is 874 g/mol. The van der Waals surface area contributed by atoms with Crippen LogP contribution < -0.4 is 5.32 Å². The number of allylic oxidation sites excluding steroid dienone is 1. The highest BCUT2D eigenvalue weighted by molar-refractivity contribution is 7.98. The van der Waals surface area contributed by atoms with Gasteiger partial charge in [-0.3, -0.25) is 14.4 Å². The Morgan fingerprint density at radius 2 is 1.67 bits per heavy atom. The highest BCUT2D eigenvalue weighted by Gasteiger charge is 2.78. The van der Waals surface area contributed by atoms with E-state index in [1.165, 1.54) is 31.7 Å². The van der Waals surface area contributed by atoms with E-state index in [1.807, 2.05) is 36.6 Å². The van der Waals surface area contributed by atoms with Crippen molar-refractivity contribution in [3.05, 3.63) is 58.7 Å². The van der Waals surface area contributed by atoms with Gasteiger partial charge in [-0.05, 0) is 71.4 Å². The van der Waals surface area contributed by atoms with Crippen LogP contribution in [0.4, 0.5) is 4.79 Å². The second-order valence-corrected chi connectivity index (χ2v) is 19.4. The predicted octanol–water partition coefficient (Wildman–Crippen LogP) is 5.13. The number of alkyl carbamates (subject to hydrolysis) is 1. The molecule has 1 amide bonds. The first-order chi connectivity index (χ1) is 28.3. The number of benzene rings is 1. The topological polar surface area (TPSA) is 202 Å². The molecule has 1 saturated heterocycles. The lowest BCUT2D eigenvalue weighted by Gasteiger charge is -2.68. The molecule has 0 radical (unpaired) electrons. The zero-order valence-electron chi connectivity index (χ0n) is 37.3. The van der Waals surface area contributed by atoms with Gasteiger partial charge in [0.05, 0.1) is 42.8 Å². The smallest absolute Gasteiger partial charge is 0.408 e. The predicted molar refractivity (Wildman–Crippen MR) is 224 cm³/mol. The largest absolute Gasteiger partial charge is 0.456 e. The van der Waals surface area contributed by atoms with Crippen LogP contribution in [0.15, 0.2) is 53.1 Å². The van der Waals surface area contributed by atoms with Gasteiger partial charge in [-0.1, -0.05) is 55.8 Å². The van der Waals surface area contributed by atoms with Crippen LogP contribution in [-0.2, 0) is 58.9 Å². The molecular formula is C45H63NO14S. The summed E-state index contributed by atoms with van der Waals surface area (Å²) in [5, 5.41) is 27.9. The summed E-state index contributed by atoms with van der Waals surface area (Å²) in [5.41, 5.74) is -5.75. The molecular weight excluding hydrogens is 811 g/mol. The lowest BCUT2D eigenvalue weighted by atomic mass is 9.44. The Balaban J connectivity index is 1.74. The number of Topliss-reactive ketones (excluding diaryl/α,β-unsaturated/α-hetero) is 1. The first kappa shape index (κ1) is 48.2. The number of nitrogens with one attached hydrogen (secondary N) is 1. The van der Waals surface area contributed by atoms with E-state index in [0.29, 0.717) is 11.1 Å². The molecule has 1 aromatic rings. The third kappa shape index (κ3) is 9.31. The number of hydrogen-bond donors (Lipinski definition) is 3. The Kier molecular flexibility index (Phi) is 14.3. The van der Waals surface area contributed by atoms with Crippen molar-refractivity contribution in [2.75, 3.05) is 18.8 Å². The van der Waals surface area contributed by atoms with Crippen molar-refractivity contribution in [1.82, 2.24) is 5.32 Å². The fraction of sp³-hybridized carbons (Fsp3) is 0.667. The molecule has 3 aliphatic carbocycles. The third-order valence-electron chi connectivity index (χ3n) is 12.6. The molecule has 11 atom stereocenters. The van der Waals surface area contributed by atoms with Gasteiger partial charge in [0, 0.05) is 38.0 Å². The van der Waals surface area contributed by atoms with Crippen LogP contribution in [-0.4, -0.2) is 118 Å². The van der Waals surface area contributed by atoms with Gasteiger partial charge in [-0.2, -0.15) is 0 Å². The minimum absolute atomic E-state index is 0.0576. The summed E-state index contributed by atoms with van der Waals surface area (Å²) in [4.78, 5) is 69.0. The number of amides is 1. The van der Waals surface area contributed by atoms with Gasteiger partial charge in [0.25, 0.3) is 0 Å². The molecule has 0 spiro atoms. The number of ketones is 1. The summed E-state index contributed by atoms with van der Waals surface area (Å²) >= 11 is 1.39. The number of thioether (sulfide) groups is 1. The van der Waals surface area contributed by atoms with Crippen molar-refractivity contribution >= 4 is 41.5 Å². The number of ether oxygens (including phenoxy) is 7. The molecule has 2 bridgehead atoms. The van der Waals surface area contributed by atoms with Gasteiger partial charge in [0.15, 0.2) is 23.6 Å². The minimum Gasteiger partial charge on any atom is -0.456 e. The Labute approximate surface area is 362 Å². The number of carbonyl (C=O) groups excluding carboxylic acids is 5. The lowest BCUT2D eigenvalue weighted by Crippen LogP contribution is -2.82. The van der Waals surface area contributed by atoms with Crippen molar-refractivity contribution in [1.29, 1.82) is 0 Å². The van der Waals surface area contributed by atoms with Gasteiger partial charge in [-0.25, -0.2) is 9.59 Å². The van der Waals surface area contributed by atoms with E-state index in [2.05, 4.69) is 5.32 Å². The summed E-state index contributed by atoms with van der Waals surface area (Å²) in [6.07, 6.45) is -5.75. The number of carbonyl (C=O) groups is 5. The molecule has 1 aliphatic heterocycles. The second kappa shape index (κ2) is 18.1. The van der Waals surface area contributed by atoms with Crippen LogP contribution >= 0.6 is 11.8 Å². The van der Waals surface area contributed by atoms with Crippen molar-refractivity contribution in [2.24, 2.45) is 16.7 Å². The van der Waals surface area contributed by atoms with Gasteiger partial charge in [0.2, 0.25) is 0 Å². The highest BCUT2D eigenvalue weighted by atomic mass is 32.2. The molecule has 1 heterocycles. The molecule has 2 unspecified atom stereocenters. The number of fused-ring (bicyclic) bond motifs is 5. The van der Waals surface area contributed by atoms with E-state index in [0.717, 1.165) is 5.56 Å². The molecule has 4 aliphatic rings. The van der Waals surface area contributed by atoms with Crippen LogP contribution in [0, 0.1) is 16.7 Å². The van der Waals surface area contributed by atoms with Crippen molar-refractivity contribution in [3.8, 4) is 0 Å². The fourth-order valence-corrected chi connectivity index (χ4v) is 10.1. The maximum atomic E-state index is 15.8. The van der Waals surface area contributed by atoms with Crippen molar-refractivity contribution < 1.29 is 67.3 Å². The van der Waals surface area contributed by atoms with E-state index in [4.69, 9.17) is 33.2 Å². The molecule has 16 heteroatoms. The quantitative estimate of drug-likeness (QED) is 0.102. The Bertz CT molecular complexity index is 1900. The number of hydrogen-bond acceptors (Lipinski definition) is 15. The normalized spacial score (nSPS) is 32.6. The monoisotopic (exact) mass is 873 g/mol. The molecule has 3 N–H and O–H groups in total. The van der Waals surface area contributed by atoms with Crippen LogP contribution in [0.25, 0.3) is 0 Å². The van der Waals surface area contributed by atoms with E-state index in [9.17, 15) is 29.4 Å². The molecule has 61 heavy (non-hydrogen) atoms. The highest BCUT2D eigenvalue weighted by Crippen LogP contribution is 2.65. The molecule has 338 valence electrons. The third-order valence-corrected chi connectivity index (χ3v) is 13.0. The summed E-state index contributed by atoms with van der Waals surface area (Å²) in [7, 11) is 0. The zero-order chi connectivity index (χ0) is 45.5. The van der Waals surface area contributed by atoms with Crippen LogP contribution in [0.5, 0.6) is 0 Å². The van der Waals surface area contributed by atoms with Crippen LogP contribution in [0.2, 0.25) is 0 Å². The maximum Gasteiger partial charge on any atom is 0.408 e. The molecule has 0 aromatic heterocycles. The zero-order valence-corrected chi connectivity index (χ0v) is 38.1. The standard InChI is InChI=1S/C45H63NO14S/c1-24(2)18-29(46-40(52)60-41(6,7)8)34(49)39(51)58-30-20-45(53)38(54-21-28-16-14-13-15-17-28)36-43(11,37(50)35(57-26(4)47)33(25(30)3)42(45,9)10)31(56-23-61-12)19-32-44(36,22-55-32)59-27(5)48/h13-18,29-32,34-36,38,49,53H,19-23H2,1-12H3,(H,46,52)/t29-,30?,31-,32+,34+,35+,36?,38-,43+,44-,45+/m0/s1. The molecule has 3 fully saturated rings. The van der Waals surface area contributed by atoms with Crippen LogP contribution in [0.3, 0.4) is 0 Å². The van der Waals surface area contributed by atoms with Gasteiger partial charge < -0.3 is 48.7 Å². The summed E-state index contributed by atoms with van der Waals surface area (Å²) in [6, 6.07) is 7.92. The van der Waals surface area contributed by atoms with Crippen molar-refractivity contribution in [3.63, 3.8) is 0 Å². The van der Waals surface area contributed by atoms with E-state index >= 15 is 4.79 Å². The van der Waals surface area contributed by atoms with Gasteiger partial charge >= 0.3 is 24.0 Å². The summed E-state index contributed by atoms with van der Waals surface area (Å²) in [5.74, 6) is -4.20. The van der Waals surface area contributed by atoms with E-state index in [1.54, 1.807) is 62.3 Å². The van der Waals surface area contributed by atoms with E-state index < -0.39 is 106 Å². The number of aliphatic hydroxyl groups is 2. The second-order valence-electron chi connectivity index (χ2n) is 18.6. The SMILES string of the molecule is CSCO[C@H]1C[C@H]2OC[C@@]2(OC(C)=O)C2[C@H](OCc3ccccc3)[C@]3(O)CC(OC(=O)[C@H](O)[C@H](C=C(C)C)NC(=O)OC(C)(C)C)C(C)=C([C@@H](OC(C)=O)C(=O)[C@@]21C)C3(C)C. The maximum absolute atomic E-state index is 15.8. The Morgan fingerprint density at radius 1 is 1.02 bits per heavy atom. The summed E-state index contributed by atoms with van der Waals surface area (Å²) in [6.45, 7) is 17.4. The van der Waals surface area contributed by atoms with Gasteiger partial charge in [0.1, 0.15) is 23.4 Å². The summed E-state index contributed by atoms with van der Waals surface area (Å²) < 4.78 is 43.3. The first-order valence-corrected chi connectivity index (χ1v) is 22.0. The van der Waals surface area contributed by atoms with Crippen LogP contribution in [0.1, 0.15) is 94.6 Å². The molecule has 2 saturated carbocycles.